The summed E-state index contributed by atoms with van der Waals surface area (Å²) in [5.74, 6) is 0. The van der Waals surface area contributed by atoms with E-state index in [1.165, 1.54) is 0 Å². The highest BCUT2D eigenvalue weighted by atomic mass is 32.1. The average molecular weight is 369 g/mol. The molecule has 0 aliphatic heterocycles. The third-order valence-corrected chi connectivity index (χ3v) is 5.20. The first-order valence-corrected chi connectivity index (χ1v) is 9.37. The summed E-state index contributed by atoms with van der Waals surface area (Å²) in [6.45, 7) is 0. The summed E-state index contributed by atoms with van der Waals surface area (Å²) in [6.07, 6.45) is 3.79. The van der Waals surface area contributed by atoms with Gasteiger partial charge in [-0.3, -0.25) is 9.83 Å². The first-order valence-electron chi connectivity index (χ1n) is 8.56. The fraction of sp³-hybridized carbons (Fsp3) is 0. The Hall–Kier alpha value is -3.51. The van der Waals surface area contributed by atoms with Gasteiger partial charge < -0.3 is 0 Å². The van der Waals surface area contributed by atoms with Crippen LogP contribution in [0.3, 0.4) is 0 Å². The molecule has 0 spiro atoms. The van der Waals surface area contributed by atoms with Crippen molar-refractivity contribution in [2.24, 2.45) is 5.10 Å². The quantitative estimate of drug-likeness (QED) is 0.356. The predicted octanol–water partition coefficient (Wildman–Crippen LogP) is 5.06. The van der Waals surface area contributed by atoms with Crippen molar-refractivity contribution in [1.29, 1.82) is 0 Å². The zero-order valence-corrected chi connectivity index (χ0v) is 15.1. The number of hydrazone groups is 1. The van der Waals surface area contributed by atoms with E-state index in [0.717, 1.165) is 37.9 Å². The molecule has 0 atom stereocenters. The van der Waals surface area contributed by atoms with Crippen LogP contribution in [-0.2, 0) is 0 Å². The Morgan fingerprint density at radius 1 is 0.889 bits per heavy atom. The van der Waals surface area contributed by atoms with Crippen LogP contribution in [0.15, 0.2) is 84.1 Å². The number of nitrogens with one attached hydrogen (secondary N) is 1. The van der Waals surface area contributed by atoms with Crippen molar-refractivity contribution in [3.8, 4) is 11.3 Å². The zero-order valence-electron chi connectivity index (χ0n) is 14.3. The Balaban J connectivity index is 1.52. The van der Waals surface area contributed by atoms with Gasteiger partial charge in [-0.1, -0.05) is 59.9 Å². The molecule has 5 aromatic rings. The van der Waals surface area contributed by atoms with E-state index >= 15 is 0 Å². The van der Waals surface area contributed by atoms with Crippen LogP contribution in [0.4, 0.5) is 5.13 Å². The Kier molecular flexibility index (Phi) is 3.88. The lowest BCUT2D eigenvalue weighted by Gasteiger charge is -2.00. The second-order valence-electron chi connectivity index (χ2n) is 6.00. The molecule has 130 valence electrons. The maximum Gasteiger partial charge on any atom is 0.204 e. The van der Waals surface area contributed by atoms with E-state index in [4.69, 9.17) is 4.98 Å². The average Bonchev–Trinajstić information content (AvgIpc) is 3.30. The minimum atomic E-state index is 0.766. The number of rotatable bonds is 4. The van der Waals surface area contributed by atoms with Gasteiger partial charge in [-0.2, -0.15) is 5.10 Å². The normalized spacial score (nSPS) is 11.6. The number of fused-ring (bicyclic) bond motifs is 2. The van der Waals surface area contributed by atoms with E-state index in [1.807, 2.05) is 65.2 Å². The zero-order chi connectivity index (χ0) is 18.1. The summed E-state index contributed by atoms with van der Waals surface area (Å²) < 4.78 is 3.17. The van der Waals surface area contributed by atoms with Gasteiger partial charge in [-0.25, -0.2) is 9.97 Å². The van der Waals surface area contributed by atoms with Crippen molar-refractivity contribution in [2.75, 3.05) is 5.43 Å². The number of para-hydroxylation sites is 1. The minimum Gasteiger partial charge on any atom is -0.298 e. The molecule has 0 radical (unpaired) electrons. The van der Waals surface area contributed by atoms with Crippen LogP contribution in [0.1, 0.15) is 5.69 Å². The van der Waals surface area contributed by atoms with Crippen LogP contribution in [0.2, 0.25) is 0 Å². The van der Waals surface area contributed by atoms with E-state index < -0.39 is 0 Å². The summed E-state index contributed by atoms with van der Waals surface area (Å²) >= 11 is 1.58. The summed E-state index contributed by atoms with van der Waals surface area (Å²) in [5, 5.41) is 5.19. The van der Waals surface area contributed by atoms with Gasteiger partial charge in [-0.05, 0) is 24.3 Å². The van der Waals surface area contributed by atoms with E-state index in [2.05, 4.69) is 33.7 Å². The van der Waals surface area contributed by atoms with Crippen LogP contribution >= 0.6 is 11.3 Å². The van der Waals surface area contributed by atoms with Crippen molar-refractivity contribution >= 4 is 38.5 Å². The van der Waals surface area contributed by atoms with Gasteiger partial charge in [-0.15, -0.1) is 0 Å². The fourth-order valence-corrected chi connectivity index (χ4v) is 3.83. The molecule has 5 nitrogen and oxygen atoms in total. The third-order valence-electron chi connectivity index (χ3n) is 4.26. The van der Waals surface area contributed by atoms with Crippen molar-refractivity contribution in [3.63, 3.8) is 0 Å². The SMILES string of the molecule is C(=N/Nc1nc2ccccc2s1)/c1c(-c2ccccc2)nc2ccccn12. The Morgan fingerprint density at radius 2 is 1.70 bits per heavy atom. The molecule has 3 aromatic heterocycles. The number of thiazole rings is 1. The third kappa shape index (κ3) is 2.96. The molecule has 1 N–H and O–H groups in total. The molecule has 0 aliphatic carbocycles. The molecule has 0 saturated carbocycles. The Labute approximate surface area is 159 Å². The monoisotopic (exact) mass is 369 g/mol. The second-order valence-corrected chi connectivity index (χ2v) is 7.03. The number of imidazole rings is 1. The maximum atomic E-state index is 4.77. The molecule has 3 heterocycles. The minimum absolute atomic E-state index is 0.766. The molecule has 27 heavy (non-hydrogen) atoms. The van der Waals surface area contributed by atoms with Crippen LogP contribution in [-0.4, -0.2) is 20.6 Å². The molecule has 0 saturated heterocycles. The van der Waals surface area contributed by atoms with Gasteiger partial charge in [0.25, 0.3) is 0 Å². The first kappa shape index (κ1) is 15.7. The van der Waals surface area contributed by atoms with E-state index in [0.29, 0.717) is 0 Å². The number of hydrogen-bond acceptors (Lipinski definition) is 5. The van der Waals surface area contributed by atoms with Crippen molar-refractivity contribution in [1.82, 2.24) is 14.4 Å². The summed E-state index contributed by atoms with van der Waals surface area (Å²) in [6, 6.07) is 24.2. The fourth-order valence-electron chi connectivity index (χ4n) is 3.02. The Morgan fingerprint density at radius 3 is 2.59 bits per heavy atom. The number of hydrogen-bond donors (Lipinski definition) is 1. The highest BCUT2D eigenvalue weighted by Crippen LogP contribution is 2.26. The van der Waals surface area contributed by atoms with Gasteiger partial charge in [0.1, 0.15) is 5.65 Å². The van der Waals surface area contributed by atoms with Crippen LogP contribution in [0, 0.1) is 0 Å². The van der Waals surface area contributed by atoms with Gasteiger partial charge in [0, 0.05) is 11.8 Å². The lowest BCUT2D eigenvalue weighted by Crippen LogP contribution is -1.96. The van der Waals surface area contributed by atoms with Crippen molar-refractivity contribution in [2.45, 2.75) is 0 Å². The van der Waals surface area contributed by atoms with E-state index in [1.54, 1.807) is 17.6 Å². The van der Waals surface area contributed by atoms with Gasteiger partial charge in [0.05, 0.1) is 27.8 Å². The number of benzene rings is 2. The summed E-state index contributed by atoms with van der Waals surface area (Å²) in [7, 11) is 0. The van der Waals surface area contributed by atoms with Gasteiger partial charge >= 0.3 is 0 Å². The second kappa shape index (κ2) is 6.66. The van der Waals surface area contributed by atoms with Crippen molar-refractivity contribution < 1.29 is 0 Å². The summed E-state index contributed by atoms with van der Waals surface area (Å²) in [5.41, 5.74) is 7.79. The van der Waals surface area contributed by atoms with Crippen LogP contribution < -0.4 is 5.43 Å². The van der Waals surface area contributed by atoms with Gasteiger partial charge in [0.15, 0.2) is 0 Å². The summed E-state index contributed by atoms with van der Waals surface area (Å²) in [4.78, 5) is 9.32. The standard InChI is InChI=1S/C21H15N5S/c1-2-8-15(9-3-1)20-17(26-13-7-6-12-19(26)24-20)14-22-25-21-23-16-10-4-5-11-18(16)27-21/h1-14H,(H,23,25)/b22-14-. The lowest BCUT2D eigenvalue weighted by molar-refractivity contribution is 1.17. The molecule has 6 heteroatoms. The molecular formula is C21H15N5S. The lowest BCUT2D eigenvalue weighted by atomic mass is 10.1. The topological polar surface area (TPSA) is 54.6 Å². The number of aromatic nitrogens is 3. The smallest absolute Gasteiger partial charge is 0.204 e. The van der Waals surface area contributed by atoms with Crippen LogP contribution in [0.25, 0.3) is 27.1 Å². The Bertz CT molecular complexity index is 1220. The number of nitrogens with zero attached hydrogens (tertiary/aromatic N) is 4. The number of anilines is 1. The first-order chi connectivity index (χ1) is 13.4. The van der Waals surface area contributed by atoms with Crippen molar-refractivity contribution in [3.05, 3.63) is 84.7 Å². The van der Waals surface area contributed by atoms with E-state index in [-0.39, 0.29) is 0 Å². The van der Waals surface area contributed by atoms with E-state index in [9.17, 15) is 0 Å². The highest BCUT2D eigenvalue weighted by molar-refractivity contribution is 7.22. The van der Waals surface area contributed by atoms with Gasteiger partial charge in [0.2, 0.25) is 5.13 Å². The number of pyridine rings is 1. The largest absolute Gasteiger partial charge is 0.298 e. The molecule has 0 aliphatic rings. The molecule has 0 amide bonds. The molecule has 0 bridgehead atoms. The molecular weight excluding hydrogens is 354 g/mol. The molecule has 2 aromatic carbocycles. The van der Waals surface area contributed by atoms with Crippen LogP contribution in [0.5, 0.6) is 0 Å². The maximum absolute atomic E-state index is 4.77. The molecule has 0 unspecified atom stereocenters. The molecule has 5 rings (SSSR count). The molecule has 0 fully saturated rings. The highest BCUT2D eigenvalue weighted by Gasteiger charge is 2.12. The predicted molar refractivity (Wildman–Crippen MR) is 111 cm³/mol.